The normalized spacial score (nSPS) is 15.5. The first kappa shape index (κ1) is 29.8. The largest absolute Gasteiger partial charge is 0.319 e. The Morgan fingerprint density at radius 3 is 2.69 bits per heavy atom. The van der Waals surface area contributed by atoms with Crippen molar-refractivity contribution in [2.45, 2.75) is 73.4 Å². The summed E-state index contributed by atoms with van der Waals surface area (Å²) in [5, 5.41) is 13.8. The molecule has 2 N–H and O–H groups in total. The summed E-state index contributed by atoms with van der Waals surface area (Å²) in [5.41, 5.74) is 6.27. The van der Waals surface area contributed by atoms with E-state index in [2.05, 4.69) is 57.2 Å². The van der Waals surface area contributed by atoms with Crippen LogP contribution in [0.15, 0.2) is 35.1 Å². The maximum absolute atomic E-state index is 14.7. The van der Waals surface area contributed by atoms with Gasteiger partial charge in [0.2, 0.25) is 0 Å². The molecule has 10 heteroatoms. The van der Waals surface area contributed by atoms with Crippen LogP contribution in [-0.2, 0) is 32.4 Å². The highest BCUT2D eigenvalue weighted by Crippen LogP contribution is 2.41. The molecule has 1 aromatic carbocycles. The molecule has 0 saturated carbocycles. The number of hydrogen-bond acceptors (Lipinski definition) is 6. The highest BCUT2D eigenvalue weighted by molar-refractivity contribution is 7.14. The van der Waals surface area contributed by atoms with E-state index in [1.807, 2.05) is 19.9 Å². The number of carbonyl (C=O) groups is 1. The van der Waals surface area contributed by atoms with Crippen LogP contribution in [0.1, 0.15) is 69.8 Å². The van der Waals surface area contributed by atoms with E-state index in [1.165, 1.54) is 33.5 Å². The number of H-pyrrole nitrogens is 1. The third-order valence-corrected chi connectivity index (χ3v) is 9.04. The average Bonchev–Trinajstić information content (AvgIpc) is 3.57. The lowest BCUT2D eigenvalue weighted by Crippen LogP contribution is -2.30. The summed E-state index contributed by atoms with van der Waals surface area (Å²) in [7, 11) is 2.14. The van der Waals surface area contributed by atoms with Gasteiger partial charge in [0.15, 0.2) is 0 Å². The van der Waals surface area contributed by atoms with Crippen LogP contribution in [0.25, 0.3) is 11.3 Å². The molecule has 0 atom stereocenters. The second-order valence-corrected chi connectivity index (χ2v) is 13.4. The molecule has 0 saturated heterocycles. The molecular formula is C32H39FN6O2S. The van der Waals surface area contributed by atoms with Gasteiger partial charge in [0, 0.05) is 29.1 Å². The topological polar surface area (TPSA) is 95.9 Å². The zero-order valence-electron chi connectivity index (χ0n) is 25.2. The van der Waals surface area contributed by atoms with Crippen molar-refractivity contribution in [1.29, 1.82) is 0 Å². The van der Waals surface area contributed by atoms with Gasteiger partial charge in [0.05, 0.1) is 34.2 Å². The van der Waals surface area contributed by atoms with Gasteiger partial charge in [-0.15, -0.1) is 11.3 Å². The van der Waals surface area contributed by atoms with Crippen molar-refractivity contribution in [3.63, 3.8) is 0 Å². The number of rotatable bonds is 5. The first-order valence-corrected chi connectivity index (χ1v) is 15.3. The van der Waals surface area contributed by atoms with Crippen LogP contribution in [0, 0.1) is 25.1 Å². The SMILES string of the molecule is CCCc1cc(-c2ccc(F)c(NC(=O)c3cc4c(s3)CC(C)(C)C4)c2C)n[nH]c1=O.Cc1cc2n(n1)CCN(C)C2. The van der Waals surface area contributed by atoms with Crippen LogP contribution in [0.2, 0.25) is 0 Å². The first-order chi connectivity index (χ1) is 19.9. The number of thiophene rings is 1. The molecule has 1 aliphatic carbocycles. The molecule has 6 rings (SSSR count). The predicted octanol–water partition coefficient (Wildman–Crippen LogP) is 5.91. The van der Waals surface area contributed by atoms with E-state index in [0.717, 1.165) is 44.6 Å². The number of nitrogens with zero attached hydrogens (tertiary/aromatic N) is 4. The average molecular weight is 591 g/mol. The standard InChI is InChI=1S/C24H26FN3O2S.C8H13N3/c1-5-6-14-9-18(27-28-22(14)29)16-7-8-17(25)21(13(16)2)26-23(30)19-10-15-11-24(3,4)12-20(15)31-19;1-7-5-8-6-10(2)3-4-11(8)9-7/h7-10H,5-6,11-12H2,1-4H3,(H,26,30)(H,28,29);5H,3-4,6H2,1-2H3. The number of benzene rings is 1. The monoisotopic (exact) mass is 590 g/mol. The van der Waals surface area contributed by atoms with Gasteiger partial charge in [-0.25, -0.2) is 9.49 Å². The molecule has 4 aromatic rings. The molecule has 0 bridgehead atoms. The van der Waals surface area contributed by atoms with Crippen molar-refractivity contribution < 1.29 is 9.18 Å². The molecule has 0 unspecified atom stereocenters. The molecule has 2 aliphatic rings. The maximum Gasteiger partial charge on any atom is 0.267 e. The van der Waals surface area contributed by atoms with Crippen LogP contribution in [0.5, 0.6) is 0 Å². The van der Waals surface area contributed by atoms with Crippen LogP contribution in [0.3, 0.4) is 0 Å². The number of aryl methyl sites for hydroxylation is 2. The van der Waals surface area contributed by atoms with E-state index in [0.29, 0.717) is 33.7 Å². The zero-order chi connectivity index (χ0) is 30.2. The van der Waals surface area contributed by atoms with Gasteiger partial charge in [-0.2, -0.15) is 10.2 Å². The lowest BCUT2D eigenvalue weighted by molar-refractivity contribution is 0.102. The number of likely N-dealkylation sites (N-methyl/N-ethyl adjacent to an activating group) is 1. The Hall–Kier alpha value is -3.63. The van der Waals surface area contributed by atoms with Gasteiger partial charge < -0.3 is 5.32 Å². The molecule has 0 radical (unpaired) electrons. The van der Waals surface area contributed by atoms with Crippen LogP contribution in [-0.4, -0.2) is 44.4 Å². The minimum Gasteiger partial charge on any atom is -0.319 e. The van der Waals surface area contributed by atoms with Crippen LogP contribution < -0.4 is 10.9 Å². The van der Waals surface area contributed by atoms with E-state index in [-0.39, 0.29) is 22.6 Å². The predicted molar refractivity (Wildman–Crippen MR) is 166 cm³/mol. The third kappa shape index (κ3) is 6.39. The van der Waals surface area contributed by atoms with Crippen molar-refractivity contribution in [3.05, 3.63) is 84.3 Å². The number of anilines is 1. The molecule has 4 heterocycles. The molecule has 42 heavy (non-hydrogen) atoms. The number of amides is 1. The molecule has 222 valence electrons. The van der Waals surface area contributed by atoms with Gasteiger partial charge in [-0.05, 0) is 87.0 Å². The third-order valence-electron chi connectivity index (χ3n) is 7.87. The number of carbonyl (C=O) groups excluding carboxylic acids is 1. The van der Waals surface area contributed by atoms with Gasteiger partial charge >= 0.3 is 0 Å². The molecule has 0 fully saturated rings. The number of fused-ring (bicyclic) bond motifs is 2. The summed E-state index contributed by atoms with van der Waals surface area (Å²) in [4.78, 5) is 29.0. The van der Waals surface area contributed by atoms with E-state index in [4.69, 9.17) is 0 Å². The Morgan fingerprint density at radius 2 is 1.95 bits per heavy atom. The highest BCUT2D eigenvalue weighted by atomic mass is 32.1. The van der Waals surface area contributed by atoms with E-state index in [1.54, 1.807) is 19.1 Å². The van der Waals surface area contributed by atoms with Gasteiger partial charge in [-0.1, -0.05) is 27.2 Å². The summed E-state index contributed by atoms with van der Waals surface area (Å²) in [5.74, 6) is -0.810. The van der Waals surface area contributed by atoms with E-state index >= 15 is 0 Å². The van der Waals surface area contributed by atoms with Crippen LogP contribution in [0.4, 0.5) is 10.1 Å². The van der Waals surface area contributed by atoms with E-state index in [9.17, 15) is 14.0 Å². The number of aromatic nitrogens is 4. The first-order valence-electron chi connectivity index (χ1n) is 14.5. The van der Waals surface area contributed by atoms with Crippen molar-refractivity contribution in [3.8, 4) is 11.3 Å². The zero-order valence-corrected chi connectivity index (χ0v) is 26.0. The summed E-state index contributed by atoms with van der Waals surface area (Å²) < 4.78 is 16.8. The van der Waals surface area contributed by atoms with Crippen molar-refractivity contribution in [2.24, 2.45) is 5.41 Å². The number of halogens is 1. The molecule has 3 aromatic heterocycles. The second-order valence-electron chi connectivity index (χ2n) is 12.2. The Morgan fingerprint density at radius 1 is 1.17 bits per heavy atom. The summed E-state index contributed by atoms with van der Waals surface area (Å²) in [6.07, 6.45) is 3.38. The van der Waals surface area contributed by atoms with Gasteiger partial charge in [-0.3, -0.25) is 19.2 Å². The Balaban J connectivity index is 0.000000267. The fourth-order valence-corrected chi connectivity index (χ4v) is 7.09. The number of hydrogen-bond donors (Lipinski definition) is 2. The highest BCUT2D eigenvalue weighted by Gasteiger charge is 2.31. The van der Waals surface area contributed by atoms with Crippen molar-refractivity contribution in [1.82, 2.24) is 24.9 Å². The van der Waals surface area contributed by atoms with Gasteiger partial charge in [0.25, 0.3) is 11.5 Å². The molecule has 1 amide bonds. The number of nitrogens with one attached hydrogen (secondary N) is 2. The quantitative estimate of drug-likeness (QED) is 0.301. The van der Waals surface area contributed by atoms with Gasteiger partial charge in [0.1, 0.15) is 5.82 Å². The maximum atomic E-state index is 14.7. The summed E-state index contributed by atoms with van der Waals surface area (Å²) in [6, 6.07) is 8.77. The smallest absolute Gasteiger partial charge is 0.267 e. The molecule has 8 nitrogen and oxygen atoms in total. The van der Waals surface area contributed by atoms with Crippen molar-refractivity contribution in [2.75, 3.05) is 18.9 Å². The minimum absolute atomic E-state index is 0.140. The van der Waals surface area contributed by atoms with E-state index < -0.39 is 5.82 Å². The second kappa shape index (κ2) is 11.9. The fourth-order valence-electron chi connectivity index (χ4n) is 5.75. The Labute approximate surface area is 250 Å². The molecule has 0 spiro atoms. The fraction of sp³-hybridized carbons (Fsp3) is 0.438. The van der Waals surface area contributed by atoms with Crippen molar-refractivity contribution >= 4 is 22.9 Å². The summed E-state index contributed by atoms with van der Waals surface area (Å²) in [6.45, 7) is 13.4. The molecule has 1 aliphatic heterocycles. The lowest BCUT2D eigenvalue weighted by atomic mass is 9.91. The minimum atomic E-state index is -0.502. The lowest BCUT2D eigenvalue weighted by Gasteiger charge is -2.22. The Bertz CT molecular complexity index is 1660. The molecular weight excluding hydrogens is 551 g/mol. The summed E-state index contributed by atoms with van der Waals surface area (Å²) >= 11 is 1.49. The Kier molecular flexibility index (Phi) is 8.48. The number of aromatic amines is 1. The van der Waals surface area contributed by atoms with Crippen LogP contribution >= 0.6 is 11.3 Å².